The van der Waals surface area contributed by atoms with Gasteiger partial charge in [0.2, 0.25) is 0 Å². The summed E-state index contributed by atoms with van der Waals surface area (Å²) in [6, 6.07) is 10.8. The predicted molar refractivity (Wildman–Crippen MR) is 90.4 cm³/mol. The topological polar surface area (TPSA) is 61.0 Å². The molecule has 1 aliphatic heterocycles. The molecule has 0 aliphatic carbocycles. The fraction of sp³-hybridized carbons (Fsp3) is 0.444. The molecule has 0 bridgehead atoms. The van der Waals surface area contributed by atoms with Crippen molar-refractivity contribution in [1.82, 2.24) is 20.4 Å². The van der Waals surface area contributed by atoms with Gasteiger partial charge in [0.05, 0.1) is 11.8 Å². The van der Waals surface area contributed by atoms with Crippen molar-refractivity contribution in [1.29, 1.82) is 0 Å². The maximum absolute atomic E-state index is 12.3. The van der Waals surface area contributed by atoms with Crippen molar-refractivity contribution in [2.75, 3.05) is 19.6 Å². The van der Waals surface area contributed by atoms with Gasteiger partial charge < -0.3 is 10.2 Å². The van der Waals surface area contributed by atoms with Gasteiger partial charge >= 0.3 is 0 Å². The van der Waals surface area contributed by atoms with Gasteiger partial charge in [-0.25, -0.2) is 0 Å². The first-order valence-corrected chi connectivity index (χ1v) is 8.29. The van der Waals surface area contributed by atoms with E-state index in [9.17, 15) is 4.79 Å². The number of H-pyrrole nitrogens is 1. The second-order valence-electron chi connectivity index (χ2n) is 6.26. The van der Waals surface area contributed by atoms with Crippen molar-refractivity contribution in [3.05, 3.63) is 53.3 Å². The van der Waals surface area contributed by atoms with E-state index in [4.69, 9.17) is 0 Å². The number of aryl methyl sites for hydroxylation is 1. The third-order valence-electron chi connectivity index (χ3n) is 4.47. The number of carbonyl (C=O) groups excluding carboxylic acids is 1. The van der Waals surface area contributed by atoms with E-state index in [1.165, 1.54) is 5.56 Å². The average Bonchev–Trinajstić information content (AvgIpc) is 3.00. The SMILES string of the molecule is Cc1[nH]ncc1C(=O)NC1CCCN(CCc2ccccc2)C1. The van der Waals surface area contributed by atoms with E-state index >= 15 is 0 Å². The quantitative estimate of drug-likeness (QED) is 0.889. The fourth-order valence-corrected chi connectivity index (χ4v) is 3.15. The van der Waals surface area contributed by atoms with Crippen molar-refractivity contribution < 1.29 is 4.79 Å². The van der Waals surface area contributed by atoms with Crippen molar-refractivity contribution >= 4 is 5.91 Å². The maximum Gasteiger partial charge on any atom is 0.254 e. The van der Waals surface area contributed by atoms with E-state index in [1.54, 1.807) is 6.20 Å². The lowest BCUT2D eigenvalue weighted by molar-refractivity contribution is 0.0903. The zero-order valence-electron chi connectivity index (χ0n) is 13.6. The first kappa shape index (κ1) is 15.7. The summed E-state index contributed by atoms with van der Waals surface area (Å²) in [4.78, 5) is 14.7. The first-order valence-electron chi connectivity index (χ1n) is 8.29. The average molecular weight is 312 g/mol. The van der Waals surface area contributed by atoms with Crippen molar-refractivity contribution in [2.24, 2.45) is 0 Å². The van der Waals surface area contributed by atoms with Gasteiger partial charge in [0.25, 0.3) is 5.91 Å². The Morgan fingerprint density at radius 1 is 1.39 bits per heavy atom. The van der Waals surface area contributed by atoms with Gasteiger partial charge in [-0.3, -0.25) is 9.89 Å². The number of nitrogens with one attached hydrogen (secondary N) is 2. The molecule has 0 spiro atoms. The summed E-state index contributed by atoms with van der Waals surface area (Å²) >= 11 is 0. The third kappa shape index (κ3) is 4.20. The number of hydrogen-bond donors (Lipinski definition) is 2. The van der Waals surface area contributed by atoms with Gasteiger partial charge in [0.15, 0.2) is 0 Å². The maximum atomic E-state index is 12.3. The van der Waals surface area contributed by atoms with Gasteiger partial charge in [0.1, 0.15) is 0 Å². The molecule has 2 heterocycles. The van der Waals surface area contributed by atoms with Crippen LogP contribution in [0.15, 0.2) is 36.5 Å². The molecule has 5 heteroatoms. The Bertz CT molecular complexity index is 637. The molecule has 1 atom stereocenters. The van der Waals surface area contributed by atoms with Crippen LogP contribution in [-0.2, 0) is 6.42 Å². The monoisotopic (exact) mass is 312 g/mol. The van der Waals surface area contributed by atoms with Crippen LogP contribution in [0.4, 0.5) is 0 Å². The summed E-state index contributed by atoms with van der Waals surface area (Å²) in [5, 5.41) is 9.88. The summed E-state index contributed by atoms with van der Waals surface area (Å²) in [5.41, 5.74) is 2.83. The highest BCUT2D eigenvalue weighted by molar-refractivity contribution is 5.95. The van der Waals surface area contributed by atoms with E-state index < -0.39 is 0 Å². The molecule has 23 heavy (non-hydrogen) atoms. The van der Waals surface area contributed by atoms with Crippen LogP contribution < -0.4 is 5.32 Å². The van der Waals surface area contributed by atoms with Crippen LogP contribution >= 0.6 is 0 Å². The molecule has 1 aromatic carbocycles. The molecule has 3 rings (SSSR count). The van der Waals surface area contributed by atoms with E-state index in [0.29, 0.717) is 5.56 Å². The molecule has 1 saturated heterocycles. The highest BCUT2D eigenvalue weighted by Gasteiger charge is 2.22. The highest BCUT2D eigenvalue weighted by atomic mass is 16.1. The van der Waals surface area contributed by atoms with Crippen LogP contribution in [0.25, 0.3) is 0 Å². The fourth-order valence-electron chi connectivity index (χ4n) is 3.15. The van der Waals surface area contributed by atoms with Crippen LogP contribution in [0.2, 0.25) is 0 Å². The third-order valence-corrected chi connectivity index (χ3v) is 4.47. The van der Waals surface area contributed by atoms with Crippen LogP contribution in [0.1, 0.15) is 34.5 Å². The number of amides is 1. The van der Waals surface area contributed by atoms with Crippen LogP contribution in [-0.4, -0.2) is 46.7 Å². The summed E-state index contributed by atoms with van der Waals surface area (Å²) < 4.78 is 0. The molecule has 1 aromatic heterocycles. The van der Waals surface area contributed by atoms with Crippen molar-refractivity contribution in [3.63, 3.8) is 0 Å². The summed E-state index contributed by atoms with van der Waals surface area (Å²) in [7, 11) is 0. The summed E-state index contributed by atoms with van der Waals surface area (Å²) in [6.45, 7) is 4.95. The minimum atomic E-state index is -0.0221. The zero-order chi connectivity index (χ0) is 16.1. The number of carbonyl (C=O) groups is 1. The lowest BCUT2D eigenvalue weighted by Gasteiger charge is -2.33. The van der Waals surface area contributed by atoms with Crippen LogP contribution in [0.3, 0.4) is 0 Å². The lowest BCUT2D eigenvalue weighted by Crippen LogP contribution is -2.48. The summed E-state index contributed by atoms with van der Waals surface area (Å²) in [5.74, 6) is -0.0221. The number of nitrogens with zero attached hydrogens (tertiary/aromatic N) is 2. The standard InChI is InChI=1S/C18H24N4O/c1-14-17(12-19-21-14)18(23)20-16-8-5-10-22(13-16)11-9-15-6-3-2-4-7-15/h2-4,6-7,12,16H,5,8-11,13H2,1H3,(H,19,21)(H,20,23). The Labute approximate surface area is 137 Å². The number of rotatable bonds is 5. The van der Waals surface area contributed by atoms with E-state index in [-0.39, 0.29) is 11.9 Å². The molecule has 2 aromatic rings. The molecular formula is C18H24N4O. The molecule has 0 saturated carbocycles. The predicted octanol–water partition coefficient (Wildman–Crippen LogP) is 2.16. The Kier molecular flexibility index (Phi) is 5.08. The number of aromatic amines is 1. The number of aromatic nitrogens is 2. The lowest BCUT2D eigenvalue weighted by atomic mass is 10.0. The zero-order valence-corrected chi connectivity index (χ0v) is 13.6. The molecule has 1 fully saturated rings. The van der Waals surface area contributed by atoms with Gasteiger partial charge in [-0.05, 0) is 38.3 Å². The minimum absolute atomic E-state index is 0.0221. The Morgan fingerprint density at radius 3 is 2.96 bits per heavy atom. The second-order valence-corrected chi connectivity index (χ2v) is 6.26. The van der Waals surface area contributed by atoms with Crippen LogP contribution in [0.5, 0.6) is 0 Å². The molecule has 1 amide bonds. The summed E-state index contributed by atoms with van der Waals surface area (Å²) in [6.07, 6.45) is 4.83. The molecule has 5 nitrogen and oxygen atoms in total. The largest absolute Gasteiger partial charge is 0.348 e. The highest BCUT2D eigenvalue weighted by Crippen LogP contribution is 2.12. The normalized spacial score (nSPS) is 18.7. The molecule has 1 unspecified atom stereocenters. The second kappa shape index (κ2) is 7.42. The molecule has 0 radical (unpaired) electrons. The number of benzene rings is 1. The Hall–Kier alpha value is -2.14. The van der Waals surface area contributed by atoms with Gasteiger partial charge in [0, 0.05) is 24.8 Å². The van der Waals surface area contributed by atoms with Gasteiger partial charge in [-0.1, -0.05) is 30.3 Å². The Balaban J connectivity index is 1.50. The number of piperidine rings is 1. The van der Waals surface area contributed by atoms with E-state index in [0.717, 1.165) is 44.6 Å². The first-order chi connectivity index (χ1) is 11.2. The Morgan fingerprint density at radius 2 is 2.22 bits per heavy atom. The molecule has 122 valence electrons. The molecular weight excluding hydrogens is 288 g/mol. The van der Waals surface area contributed by atoms with Gasteiger partial charge in [-0.2, -0.15) is 5.10 Å². The molecule has 1 aliphatic rings. The van der Waals surface area contributed by atoms with Crippen molar-refractivity contribution in [3.8, 4) is 0 Å². The van der Waals surface area contributed by atoms with Crippen molar-refractivity contribution in [2.45, 2.75) is 32.2 Å². The van der Waals surface area contributed by atoms with E-state index in [2.05, 4.69) is 44.7 Å². The van der Waals surface area contributed by atoms with Crippen LogP contribution in [0, 0.1) is 6.92 Å². The van der Waals surface area contributed by atoms with E-state index in [1.807, 2.05) is 13.0 Å². The molecule has 2 N–H and O–H groups in total. The smallest absolute Gasteiger partial charge is 0.254 e. The number of likely N-dealkylation sites (tertiary alicyclic amines) is 1. The van der Waals surface area contributed by atoms with Gasteiger partial charge in [-0.15, -0.1) is 0 Å². The number of hydrogen-bond acceptors (Lipinski definition) is 3. The minimum Gasteiger partial charge on any atom is -0.348 e.